The van der Waals surface area contributed by atoms with Gasteiger partial charge in [-0.3, -0.25) is 4.90 Å². The number of rotatable bonds is 1. The van der Waals surface area contributed by atoms with Crippen LogP contribution in [0.15, 0.2) is 24.3 Å². The quantitative estimate of drug-likeness (QED) is 0.833. The van der Waals surface area contributed by atoms with Crippen LogP contribution in [-0.2, 0) is 0 Å². The molecule has 2 aliphatic rings. The van der Waals surface area contributed by atoms with Crippen LogP contribution < -0.4 is 5.32 Å². The van der Waals surface area contributed by atoms with Crippen molar-refractivity contribution in [1.29, 1.82) is 0 Å². The lowest BCUT2D eigenvalue weighted by Crippen LogP contribution is -2.45. The summed E-state index contributed by atoms with van der Waals surface area (Å²) < 4.78 is 0. The molecule has 2 nitrogen and oxygen atoms in total. The smallest absolute Gasteiger partial charge is 0.0617 e. The molecule has 1 heterocycles. The average molecular weight is 332 g/mol. The fourth-order valence-corrected chi connectivity index (χ4v) is 4.45. The Bertz CT molecular complexity index is 842. The maximum Gasteiger partial charge on any atom is 0.0617 e. The summed E-state index contributed by atoms with van der Waals surface area (Å²) in [4.78, 5) is 2.66. The predicted octanol–water partition coefficient (Wildman–Crippen LogP) is 4.40. The standard InChI is InChI=1S/C23H28N2/c1-15-5-7-21-19(13-15)6-8-20-18(4)16(2)14-17(3)22(20)23(21)25-11-9-24-10-12-25/h5-8,13-14,23-24H,9-12H2,1-4H3. The van der Waals surface area contributed by atoms with Crippen molar-refractivity contribution in [3.05, 3.63) is 68.8 Å². The van der Waals surface area contributed by atoms with Gasteiger partial charge in [0.1, 0.15) is 0 Å². The van der Waals surface area contributed by atoms with Crippen LogP contribution in [0.3, 0.4) is 0 Å². The zero-order valence-electron chi connectivity index (χ0n) is 15.8. The van der Waals surface area contributed by atoms with Gasteiger partial charge in [-0.2, -0.15) is 0 Å². The van der Waals surface area contributed by atoms with E-state index in [4.69, 9.17) is 0 Å². The van der Waals surface area contributed by atoms with Gasteiger partial charge in [-0.1, -0.05) is 42.0 Å². The van der Waals surface area contributed by atoms with Crippen molar-refractivity contribution < 1.29 is 0 Å². The van der Waals surface area contributed by atoms with E-state index in [2.05, 4.69) is 74.3 Å². The van der Waals surface area contributed by atoms with Crippen molar-refractivity contribution in [2.45, 2.75) is 33.7 Å². The number of aryl methyl sites for hydroxylation is 3. The first-order valence-electron chi connectivity index (χ1n) is 9.40. The summed E-state index contributed by atoms with van der Waals surface area (Å²) in [5.74, 6) is 0. The van der Waals surface area contributed by atoms with Crippen molar-refractivity contribution in [3.8, 4) is 0 Å². The highest BCUT2D eigenvalue weighted by Crippen LogP contribution is 2.41. The van der Waals surface area contributed by atoms with Gasteiger partial charge in [0.2, 0.25) is 0 Å². The SMILES string of the molecule is Cc1ccc2c(c1)C=Cc1c(C)c(C)cc(C)c1C2N1CCNCC1. The Morgan fingerprint density at radius 1 is 0.920 bits per heavy atom. The third-order valence-electron chi connectivity index (χ3n) is 5.90. The van der Waals surface area contributed by atoms with Gasteiger partial charge in [0.25, 0.3) is 0 Å². The third-order valence-corrected chi connectivity index (χ3v) is 5.90. The van der Waals surface area contributed by atoms with E-state index in [1.807, 2.05) is 0 Å². The minimum atomic E-state index is 0.349. The molecule has 1 fully saturated rings. The van der Waals surface area contributed by atoms with E-state index in [1.54, 1.807) is 0 Å². The topological polar surface area (TPSA) is 15.3 Å². The molecule has 0 radical (unpaired) electrons. The lowest BCUT2D eigenvalue weighted by molar-refractivity contribution is 0.198. The van der Waals surface area contributed by atoms with Crippen molar-refractivity contribution in [1.82, 2.24) is 10.2 Å². The molecular formula is C23H28N2. The van der Waals surface area contributed by atoms with Crippen molar-refractivity contribution >= 4 is 12.2 Å². The first-order chi connectivity index (χ1) is 12.1. The van der Waals surface area contributed by atoms with Gasteiger partial charge in [0.15, 0.2) is 0 Å². The first kappa shape index (κ1) is 16.6. The zero-order valence-corrected chi connectivity index (χ0v) is 15.8. The molecule has 0 bridgehead atoms. The minimum Gasteiger partial charge on any atom is -0.314 e. The maximum atomic E-state index is 3.50. The lowest BCUT2D eigenvalue weighted by Gasteiger charge is -2.37. The molecule has 1 aliphatic heterocycles. The fraction of sp³-hybridized carbons (Fsp3) is 0.391. The monoisotopic (exact) mass is 332 g/mol. The summed E-state index contributed by atoms with van der Waals surface area (Å²) >= 11 is 0. The number of nitrogens with one attached hydrogen (secondary N) is 1. The molecule has 0 amide bonds. The van der Waals surface area contributed by atoms with Crippen molar-refractivity contribution in [2.75, 3.05) is 26.2 Å². The van der Waals surface area contributed by atoms with Crippen LogP contribution in [0.25, 0.3) is 12.2 Å². The molecule has 0 aromatic heterocycles. The van der Waals surface area contributed by atoms with Gasteiger partial charge in [0.05, 0.1) is 6.04 Å². The van der Waals surface area contributed by atoms with Crippen LogP contribution in [-0.4, -0.2) is 31.1 Å². The van der Waals surface area contributed by atoms with E-state index in [0.717, 1.165) is 26.2 Å². The van der Waals surface area contributed by atoms with Crippen LogP contribution in [0.1, 0.15) is 50.5 Å². The molecule has 1 aliphatic carbocycles. The molecular weight excluding hydrogens is 304 g/mol. The summed E-state index contributed by atoms with van der Waals surface area (Å²) in [6.07, 6.45) is 4.68. The molecule has 0 spiro atoms. The summed E-state index contributed by atoms with van der Waals surface area (Å²) in [5.41, 5.74) is 11.3. The van der Waals surface area contributed by atoms with Crippen LogP contribution in [0.4, 0.5) is 0 Å². The average Bonchev–Trinajstić information content (AvgIpc) is 2.77. The normalized spacial score (nSPS) is 20.1. The lowest BCUT2D eigenvalue weighted by atomic mass is 9.85. The summed E-state index contributed by atoms with van der Waals surface area (Å²) in [7, 11) is 0. The largest absolute Gasteiger partial charge is 0.314 e. The predicted molar refractivity (Wildman–Crippen MR) is 107 cm³/mol. The van der Waals surface area contributed by atoms with E-state index in [0.29, 0.717) is 6.04 Å². The van der Waals surface area contributed by atoms with Gasteiger partial charge < -0.3 is 5.32 Å². The van der Waals surface area contributed by atoms with Gasteiger partial charge >= 0.3 is 0 Å². The Kier molecular flexibility index (Phi) is 4.26. The van der Waals surface area contributed by atoms with Gasteiger partial charge in [-0.25, -0.2) is 0 Å². The highest BCUT2D eigenvalue weighted by molar-refractivity contribution is 5.79. The fourth-order valence-electron chi connectivity index (χ4n) is 4.45. The number of benzene rings is 2. The van der Waals surface area contributed by atoms with Gasteiger partial charge in [-0.15, -0.1) is 0 Å². The van der Waals surface area contributed by atoms with E-state index in [1.165, 1.54) is 44.5 Å². The number of fused-ring (bicyclic) bond motifs is 2. The van der Waals surface area contributed by atoms with Crippen LogP contribution in [0.2, 0.25) is 0 Å². The molecule has 1 N–H and O–H groups in total. The van der Waals surface area contributed by atoms with Crippen LogP contribution in [0, 0.1) is 27.7 Å². The molecule has 4 rings (SSSR count). The molecule has 2 aromatic carbocycles. The Labute approximate surface area is 151 Å². The van der Waals surface area contributed by atoms with E-state index in [-0.39, 0.29) is 0 Å². The molecule has 2 heteroatoms. The summed E-state index contributed by atoms with van der Waals surface area (Å²) in [6.45, 7) is 13.3. The number of piperazine rings is 1. The molecule has 1 atom stereocenters. The van der Waals surface area contributed by atoms with E-state index < -0.39 is 0 Å². The second kappa shape index (κ2) is 6.44. The number of nitrogens with zero attached hydrogens (tertiary/aromatic N) is 1. The number of hydrogen-bond donors (Lipinski definition) is 1. The zero-order chi connectivity index (χ0) is 17.6. The molecule has 130 valence electrons. The van der Waals surface area contributed by atoms with E-state index in [9.17, 15) is 0 Å². The highest BCUT2D eigenvalue weighted by Gasteiger charge is 2.30. The Hall–Kier alpha value is -1.90. The van der Waals surface area contributed by atoms with Crippen LogP contribution >= 0.6 is 0 Å². The number of hydrogen-bond acceptors (Lipinski definition) is 2. The minimum absolute atomic E-state index is 0.349. The second-order valence-electron chi connectivity index (χ2n) is 7.62. The maximum absolute atomic E-state index is 3.50. The van der Waals surface area contributed by atoms with Crippen molar-refractivity contribution in [2.24, 2.45) is 0 Å². The van der Waals surface area contributed by atoms with E-state index >= 15 is 0 Å². The third kappa shape index (κ3) is 2.84. The Morgan fingerprint density at radius 3 is 2.44 bits per heavy atom. The van der Waals surface area contributed by atoms with Gasteiger partial charge in [0, 0.05) is 26.2 Å². The molecule has 2 aromatic rings. The molecule has 1 saturated heterocycles. The summed E-state index contributed by atoms with van der Waals surface area (Å²) in [6, 6.07) is 9.68. The van der Waals surface area contributed by atoms with Crippen LogP contribution in [0.5, 0.6) is 0 Å². The summed E-state index contributed by atoms with van der Waals surface area (Å²) in [5, 5.41) is 3.50. The Morgan fingerprint density at radius 2 is 1.68 bits per heavy atom. The Balaban J connectivity index is 1.98. The molecule has 25 heavy (non-hydrogen) atoms. The van der Waals surface area contributed by atoms with Gasteiger partial charge in [-0.05, 0) is 66.6 Å². The molecule has 1 unspecified atom stereocenters. The van der Waals surface area contributed by atoms with Crippen molar-refractivity contribution in [3.63, 3.8) is 0 Å². The highest BCUT2D eigenvalue weighted by atomic mass is 15.2. The second-order valence-corrected chi connectivity index (χ2v) is 7.62. The molecule has 0 saturated carbocycles. The first-order valence-corrected chi connectivity index (χ1v) is 9.40.